The molecule has 0 aliphatic rings. The number of carbonyl (C=O) groups is 2. The summed E-state index contributed by atoms with van der Waals surface area (Å²) in [5.74, 6) is 0.316. The number of allylic oxidation sites excluding steroid dienone is 1. The molecule has 0 radical (unpaired) electrons. The van der Waals surface area contributed by atoms with E-state index in [1.54, 1.807) is 37.9 Å². The number of thioether (sulfide) groups is 1. The van der Waals surface area contributed by atoms with E-state index in [0.717, 1.165) is 10.9 Å². The number of ether oxygens (including phenoxy) is 2. The fraction of sp³-hybridized carbons (Fsp3) is 0.393. The van der Waals surface area contributed by atoms with Gasteiger partial charge in [0, 0.05) is 61.8 Å². The van der Waals surface area contributed by atoms with Gasteiger partial charge in [-0.25, -0.2) is 4.79 Å². The number of aliphatic imine (C=N–C) groups is 1. The van der Waals surface area contributed by atoms with Gasteiger partial charge in [0.15, 0.2) is 0 Å². The molecule has 41 heavy (non-hydrogen) atoms. The van der Waals surface area contributed by atoms with E-state index in [1.807, 2.05) is 6.07 Å². The van der Waals surface area contributed by atoms with Gasteiger partial charge in [0.1, 0.15) is 17.5 Å². The number of alkyl halides is 1. The summed E-state index contributed by atoms with van der Waals surface area (Å²) in [6.45, 7) is 1.56. The first-order chi connectivity index (χ1) is 19.6. The van der Waals surface area contributed by atoms with Crippen LogP contribution in [0.3, 0.4) is 0 Å². The number of aryl methyl sites for hydroxylation is 3. The minimum absolute atomic E-state index is 0.212. The molecule has 3 aromatic rings. The molecular weight excluding hydrogens is 587 g/mol. The number of fused-ring (bicyclic) bond motifs is 1. The van der Waals surface area contributed by atoms with Crippen molar-refractivity contribution in [1.82, 2.24) is 14.3 Å². The van der Waals surface area contributed by atoms with Crippen molar-refractivity contribution in [3.05, 3.63) is 51.6 Å². The topological polar surface area (TPSA) is 138 Å². The van der Waals surface area contributed by atoms with Crippen molar-refractivity contribution in [2.45, 2.75) is 25.5 Å². The molecule has 0 atom stereocenters. The van der Waals surface area contributed by atoms with E-state index in [4.69, 9.17) is 38.4 Å². The first-order valence-corrected chi connectivity index (χ1v) is 14.7. The van der Waals surface area contributed by atoms with Gasteiger partial charge in [-0.2, -0.15) is 10.4 Å². The lowest BCUT2D eigenvalue weighted by Gasteiger charge is -2.11. The molecule has 0 fully saturated rings. The number of nitriles is 1. The summed E-state index contributed by atoms with van der Waals surface area (Å²) in [5, 5.41) is 15.9. The minimum atomic E-state index is -0.509. The van der Waals surface area contributed by atoms with Gasteiger partial charge in [-0.15, -0.1) is 23.4 Å². The number of aromatic nitrogens is 3. The Morgan fingerprint density at radius 3 is 2.63 bits per heavy atom. The van der Waals surface area contributed by atoms with Gasteiger partial charge in [-0.05, 0) is 30.5 Å². The Labute approximate surface area is 253 Å². The molecular formula is C28H32Cl2N6O4S. The Balaban J connectivity index is 2.15. The molecule has 13 heteroatoms. The maximum atomic E-state index is 13.0. The van der Waals surface area contributed by atoms with E-state index < -0.39 is 5.97 Å². The second-order valence-electron chi connectivity index (χ2n) is 9.11. The number of carbonyl (C=O) groups excluding carboxylic acids is 2. The molecule has 2 N–H and O–H groups in total. The third-order valence-corrected chi connectivity index (χ3v) is 8.03. The van der Waals surface area contributed by atoms with E-state index in [1.165, 1.54) is 30.5 Å². The Bertz CT molecular complexity index is 1570. The second-order valence-corrected chi connectivity index (χ2v) is 10.8. The van der Waals surface area contributed by atoms with Crippen molar-refractivity contribution in [2.75, 3.05) is 32.4 Å². The molecule has 1 aromatic carbocycles. The Morgan fingerprint density at radius 1 is 1.29 bits per heavy atom. The normalized spacial score (nSPS) is 12.0. The van der Waals surface area contributed by atoms with Crippen molar-refractivity contribution < 1.29 is 19.1 Å². The van der Waals surface area contributed by atoms with Crippen LogP contribution in [0.4, 0.5) is 0 Å². The number of esters is 2. The van der Waals surface area contributed by atoms with Gasteiger partial charge in [0.2, 0.25) is 0 Å². The zero-order chi connectivity index (χ0) is 30.3. The molecule has 3 rings (SSSR count). The lowest BCUT2D eigenvalue weighted by atomic mass is 9.98. The smallest absolute Gasteiger partial charge is 0.354 e. The lowest BCUT2D eigenvalue weighted by molar-refractivity contribution is -0.141. The Kier molecular flexibility index (Phi) is 11.3. The van der Waals surface area contributed by atoms with Crippen LogP contribution < -0.4 is 5.73 Å². The molecule has 0 amide bonds. The third-order valence-electron chi connectivity index (χ3n) is 6.42. The third kappa shape index (κ3) is 7.07. The number of benzene rings is 1. The van der Waals surface area contributed by atoms with Crippen molar-refractivity contribution in [1.29, 1.82) is 5.26 Å². The number of hydrogen-bond acceptors (Lipinski definition) is 9. The van der Waals surface area contributed by atoms with Gasteiger partial charge in [0.05, 0.1) is 41.5 Å². The summed E-state index contributed by atoms with van der Waals surface area (Å²) in [4.78, 5) is 28.3. The standard InChI is InChI=1S/C28H32Cl2N6O4S/c1-16(37)40-10-6-7-19-20-8-9-21(30)24(26(20)35(3)27(19)28(38)39-5)25-22(34-36(4)23(25)13-31)15-41-14-17(32)11-18(12-29)33-2/h8-9,11H,6-7,10,12,14-15,32H2,1-5H3. The first kappa shape index (κ1) is 32.1. The molecule has 218 valence electrons. The molecule has 10 nitrogen and oxygen atoms in total. The van der Waals surface area contributed by atoms with Crippen LogP contribution in [0.1, 0.15) is 40.8 Å². The molecule has 2 heterocycles. The van der Waals surface area contributed by atoms with Crippen LogP contribution in [0, 0.1) is 11.3 Å². The number of hydrogen-bond donors (Lipinski definition) is 1. The average Bonchev–Trinajstić information content (AvgIpc) is 3.41. The molecule has 0 spiro atoms. The van der Waals surface area contributed by atoms with Crippen molar-refractivity contribution >= 4 is 63.5 Å². The summed E-state index contributed by atoms with van der Waals surface area (Å²) >= 11 is 14.2. The highest BCUT2D eigenvalue weighted by atomic mass is 35.5. The number of nitrogens with zero attached hydrogens (tertiary/aromatic N) is 5. The van der Waals surface area contributed by atoms with Crippen LogP contribution in [-0.4, -0.2) is 64.4 Å². The van der Waals surface area contributed by atoms with Crippen LogP contribution in [0.25, 0.3) is 22.0 Å². The number of methoxy groups -OCH3 is 1. The average molecular weight is 620 g/mol. The van der Waals surface area contributed by atoms with Crippen molar-refractivity contribution in [2.24, 2.45) is 24.8 Å². The molecule has 0 aliphatic carbocycles. The number of rotatable bonds is 12. The number of halogens is 2. The van der Waals surface area contributed by atoms with Gasteiger partial charge in [-0.1, -0.05) is 17.7 Å². The lowest BCUT2D eigenvalue weighted by Crippen LogP contribution is -2.11. The largest absolute Gasteiger partial charge is 0.466 e. The predicted molar refractivity (Wildman–Crippen MR) is 164 cm³/mol. The summed E-state index contributed by atoms with van der Waals surface area (Å²) in [5.41, 5.74) is 11.4. The van der Waals surface area contributed by atoms with E-state index in [0.29, 0.717) is 74.5 Å². The molecule has 2 aromatic heterocycles. The van der Waals surface area contributed by atoms with Gasteiger partial charge in [-0.3, -0.25) is 14.5 Å². The zero-order valence-corrected chi connectivity index (χ0v) is 25.9. The zero-order valence-electron chi connectivity index (χ0n) is 23.6. The van der Waals surface area contributed by atoms with Crippen molar-refractivity contribution in [3.8, 4) is 17.2 Å². The monoisotopic (exact) mass is 618 g/mol. The minimum Gasteiger partial charge on any atom is -0.466 e. The molecule has 0 bridgehead atoms. The Hall–Kier alpha value is -3.46. The van der Waals surface area contributed by atoms with Crippen molar-refractivity contribution in [3.63, 3.8) is 0 Å². The van der Waals surface area contributed by atoms with E-state index >= 15 is 0 Å². The quantitative estimate of drug-likeness (QED) is 0.133. The molecule has 0 saturated carbocycles. The van der Waals surface area contributed by atoms with Crippen LogP contribution >= 0.6 is 35.0 Å². The SMILES string of the molecule is CN=C(C=C(N)CSCc1nn(C)c(C#N)c1-c1c(Cl)ccc2c(CCCOC(C)=O)c(C(=O)OC)n(C)c12)CCl. The summed E-state index contributed by atoms with van der Waals surface area (Å²) < 4.78 is 13.5. The molecule has 0 saturated heterocycles. The highest BCUT2D eigenvalue weighted by Gasteiger charge is 2.28. The summed E-state index contributed by atoms with van der Waals surface area (Å²) in [7, 11) is 6.44. The summed E-state index contributed by atoms with van der Waals surface area (Å²) in [6, 6.07) is 5.86. The fourth-order valence-electron chi connectivity index (χ4n) is 4.67. The van der Waals surface area contributed by atoms with Crippen LogP contribution in [0.15, 0.2) is 28.9 Å². The predicted octanol–water partition coefficient (Wildman–Crippen LogP) is 4.77. The second kappa shape index (κ2) is 14.4. The van der Waals surface area contributed by atoms with Crippen LogP contribution in [-0.2, 0) is 40.5 Å². The van der Waals surface area contributed by atoms with Crippen LogP contribution in [0.2, 0.25) is 5.02 Å². The van der Waals surface area contributed by atoms with E-state index in [9.17, 15) is 14.9 Å². The highest BCUT2D eigenvalue weighted by molar-refractivity contribution is 7.98. The maximum absolute atomic E-state index is 13.0. The fourth-order valence-corrected chi connectivity index (χ4v) is 5.93. The van der Waals surface area contributed by atoms with E-state index in [-0.39, 0.29) is 18.5 Å². The first-order valence-electron chi connectivity index (χ1n) is 12.6. The van der Waals surface area contributed by atoms with Gasteiger partial charge >= 0.3 is 11.9 Å². The summed E-state index contributed by atoms with van der Waals surface area (Å²) in [6.07, 6.45) is 2.70. The Morgan fingerprint density at radius 2 is 2.02 bits per heavy atom. The van der Waals surface area contributed by atoms with Crippen LogP contribution in [0.5, 0.6) is 0 Å². The van der Waals surface area contributed by atoms with Gasteiger partial charge in [0.25, 0.3) is 0 Å². The molecule has 0 unspecified atom stereocenters. The molecule has 0 aliphatic heterocycles. The van der Waals surface area contributed by atoms with Gasteiger partial charge < -0.3 is 19.8 Å². The highest BCUT2D eigenvalue weighted by Crippen LogP contribution is 2.42. The number of nitrogens with two attached hydrogens (primary N) is 1. The van der Waals surface area contributed by atoms with E-state index in [2.05, 4.69) is 16.2 Å². The maximum Gasteiger partial charge on any atom is 0.354 e.